The van der Waals surface area contributed by atoms with Gasteiger partial charge in [0.25, 0.3) is 0 Å². The van der Waals surface area contributed by atoms with Crippen LogP contribution in [0.3, 0.4) is 0 Å². The number of carboxylic acids is 1. The Hall–Kier alpha value is -2.93. The maximum absolute atomic E-state index is 11.4. The summed E-state index contributed by atoms with van der Waals surface area (Å²) >= 11 is 4.63. The van der Waals surface area contributed by atoms with Crippen LogP contribution in [0.25, 0.3) is 0 Å². The van der Waals surface area contributed by atoms with E-state index in [4.69, 9.17) is 10.5 Å². The summed E-state index contributed by atoms with van der Waals surface area (Å²) in [6.45, 7) is 0. The fourth-order valence-electron chi connectivity index (χ4n) is 1.83. The summed E-state index contributed by atoms with van der Waals surface area (Å²) in [7, 11) is 0. The SMILES string of the molecule is NC(=S)NN=Cc1ccc(OC(C(=O)O)c2ccccc2)cc1. The zero-order chi connectivity index (χ0) is 16.7. The molecule has 0 bridgehead atoms. The first-order chi connectivity index (χ1) is 11.1. The lowest BCUT2D eigenvalue weighted by Gasteiger charge is -2.15. The fraction of sp³-hybridized carbons (Fsp3) is 0.0625. The van der Waals surface area contributed by atoms with E-state index in [2.05, 4.69) is 22.7 Å². The Kier molecular flexibility index (Phi) is 5.65. The van der Waals surface area contributed by atoms with Gasteiger partial charge in [-0.15, -0.1) is 0 Å². The molecule has 0 radical (unpaired) electrons. The lowest BCUT2D eigenvalue weighted by atomic mass is 10.1. The summed E-state index contributed by atoms with van der Waals surface area (Å²) in [5, 5.41) is 13.2. The summed E-state index contributed by atoms with van der Waals surface area (Å²) in [5.74, 6) is -0.608. The van der Waals surface area contributed by atoms with Crippen molar-refractivity contribution < 1.29 is 14.6 Å². The normalized spacial score (nSPS) is 11.8. The van der Waals surface area contributed by atoms with Crippen LogP contribution in [0.15, 0.2) is 59.7 Å². The Balaban J connectivity index is 2.08. The van der Waals surface area contributed by atoms with Gasteiger partial charge in [0, 0.05) is 5.56 Å². The zero-order valence-electron chi connectivity index (χ0n) is 12.0. The summed E-state index contributed by atoms with van der Waals surface area (Å²) in [4.78, 5) is 11.4. The first-order valence-corrected chi connectivity index (χ1v) is 7.10. The highest BCUT2D eigenvalue weighted by Gasteiger charge is 2.21. The monoisotopic (exact) mass is 329 g/mol. The largest absolute Gasteiger partial charge is 0.478 e. The standard InChI is InChI=1S/C16H15N3O3S/c17-16(23)19-18-10-11-6-8-13(9-7-11)22-14(15(20)21)12-4-2-1-3-5-12/h1-10,14H,(H,20,21)(H3,17,19,23). The lowest BCUT2D eigenvalue weighted by Crippen LogP contribution is -2.23. The molecule has 0 aliphatic rings. The molecule has 118 valence electrons. The number of nitrogens with zero attached hydrogens (tertiary/aromatic N) is 1. The van der Waals surface area contributed by atoms with Gasteiger partial charge in [0.1, 0.15) is 5.75 Å². The molecule has 0 spiro atoms. The van der Waals surface area contributed by atoms with E-state index in [-0.39, 0.29) is 5.11 Å². The number of nitrogens with one attached hydrogen (secondary N) is 1. The minimum atomic E-state index is -1.06. The second-order valence-corrected chi connectivity index (χ2v) is 4.99. The number of nitrogens with two attached hydrogens (primary N) is 1. The molecule has 0 amide bonds. The molecule has 2 aromatic carbocycles. The van der Waals surface area contributed by atoms with Crippen LogP contribution in [0, 0.1) is 0 Å². The number of thiocarbonyl (C=S) groups is 1. The van der Waals surface area contributed by atoms with Gasteiger partial charge >= 0.3 is 5.97 Å². The minimum absolute atomic E-state index is 0.0772. The van der Waals surface area contributed by atoms with E-state index in [1.807, 2.05) is 6.07 Å². The molecular formula is C16H15N3O3S. The van der Waals surface area contributed by atoms with E-state index < -0.39 is 12.1 Å². The predicted molar refractivity (Wildman–Crippen MR) is 91.4 cm³/mol. The van der Waals surface area contributed by atoms with Crippen LogP contribution in [-0.2, 0) is 4.79 Å². The van der Waals surface area contributed by atoms with Crippen molar-refractivity contribution >= 4 is 29.5 Å². The molecule has 0 aromatic heterocycles. The average molecular weight is 329 g/mol. The predicted octanol–water partition coefficient (Wildman–Crippen LogP) is 2.06. The first-order valence-electron chi connectivity index (χ1n) is 6.69. The van der Waals surface area contributed by atoms with Gasteiger partial charge in [0.05, 0.1) is 6.21 Å². The maximum Gasteiger partial charge on any atom is 0.349 e. The topological polar surface area (TPSA) is 96.9 Å². The number of carbonyl (C=O) groups is 1. The van der Waals surface area contributed by atoms with Gasteiger partial charge in [-0.3, -0.25) is 5.43 Å². The number of benzene rings is 2. The van der Waals surface area contributed by atoms with Crippen LogP contribution in [0.4, 0.5) is 0 Å². The average Bonchev–Trinajstić information content (AvgIpc) is 2.54. The van der Waals surface area contributed by atoms with Crippen molar-refractivity contribution in [1.29, 1.82) is 0 Å². The van der Waals surface area contributed by atoms with Crippen LogP contribution in [0.1, 0.15) is 17.2 Å². The molecule has 0 fully saturated rings. The van der Waals surface area contributed by atoms with Crippen molar-refractivity contribution in [3.05, 3.63) is 65.7 Å². The van der Waals surface area contributed by atoms with Crippen molar-refractivity contribution in [2.45, 2.75) is 6.10 Å². The second kappa shape index (κ2) is 7.90. The lowest BCUT2D eigenvalue weighted by molar-refractivity contribution is -0.145. The number of carboxylic acid groups (broad SMARTS) is 1. The molecule has 2 rings (SSSR count). The Morgan fingerprint density at radius 2 is 1.87 bits per heavy atom. The highest BCUT2D eigenvalue weighted by molar-refractivity contribution is 7.80. The Labute approximate surface area is 138 Å². The molecule has 6 nitrogen and oxygen atoms in total. The Bertz CT molecular complexity index is 702. The molecule has 0 saturated heterocycles. The second-order valence-electron chi connectivity index (χ2n) is 4.55. The van der Waals surface area contributed by atoms with Gasteiger partial charge in [-0.25, -0.2) is 4.79 Å². The van der Waals surface area contributed by atoms with Crippen LogP contribution in [0.2, 0.25) is 0 Å². The summed E-state index contributed by atoms with van der Waals surface area (Å²) in [6, 6.07) is 15.6. The molecule has 7 heteroatoms. The number of aliphatic carboxylic acids is 1. The van der Waals surface area contributed by atoms with E-state index in [1.54, 1.807) is 48.5 Å². The van der Waals surface area contributed by atoms with Crippen LogP contribution in [-0.4, -0.2) is 22.4 Å². The van der Waals surface area contributed by atoms with Gasteiger partial charge < -0.3 is 15.6 Å². The zero-order valence-corrected chi connectivity index (χ0v) is 12.9. The van der Waals surface area contributed by atoms with Gasteiger partial charge in [-0.05, 0) is 42.0 Å². The van der Waals surface area contributed by atoms with Crippen molar-refractivity contribution in [3.63, 3.8) is 0 Å². The van der Waals surface area contributed by atoms with Gasteiger partial charge in [-0.2, -0.15) is 5.10 Å². The van der Waals surface area contributed by atoms with Crippen LogP contribution in [0.5, 0.6) is 5.75 Å². The van der Waals surface area contributed by atoms with Gasteiger partial charge in [-0.1, -0.05) is 30.3 Å². The molecule has 0 saturated carbocycles. The van der Waals surface area contributed by atoms with Crippen molar-refractivity contribution in [1.82, 2.24) is 5.43 Å². The Morgan fingerprint density at radius 1 is 1.22 bits per heavy atom. The minimum Gasteiger partial charge on any atom is -0.478 e. The number of hydrazone groups is 1. The van der Waals surface area contributed by atoms with E-state index in [0.717, 1.165) is 5.56 Å². The molecule has 0 aliphatic carbocycles. The first kappa shape index (κ1) is 16.4. The van der Waals surface area contributed by atoms with E-state index >= 15 is 0 Å². The van der Waals surface area contributed by atoms with Crippen molar-refractivity contribution in [3.8, 4) is 5.75 Å². The molecular weight excluding hydrogens is 314 g/mol. The molecule has 1 unspecified atom stereocenters. The van der Waals surface area contributed by atoms with E-state index in [9.17, 15) is 9.90 Å². The fourth-order valence-corrected chi connectivity index (χ4v) is 1.88. The highest BCUT2D eigenvalue weighted by Crippen LogP contribution is 2.22. The number of hydrogen-bond donors (Lipinski definition) is 3. The molecule has 1 atom stereocenters. The van der Waals surface area contributed by atoms with E-state index in [1.165, 1.54) is 6.21 Å². The number of rotatable bonds is 6. The Morgan fingerprint density at radius 3 is 2.43 bits per heavy atom. The summed E-state index contributed by atoms with van der Waals surface area (Å²) < 4.78 is 5.56. The molecule has 0 heterocycles. The third kappa shape index (κ3) is 5.08. The maximum atomic E-state index is 11.4. The summed E-state index contributed by atoms with van der Waals surface area (Å²) in [6.07, 6.45) is 0.474. The van der Waals surface area contributed by atoms with Gasteiger partial charge in [0.2, 0.25) is 6.10 Å². The van der Waals surface area contributed by atoms with Crippen LogP contribution < -0.4 is 15.9 Å². The summed E-state index contributed by atoms with van der Waals surface area (Å²) in [5.41, 5.74) is 9.06. The smallest absolute Gasteiger partial charge is 0.349 e. The quantitative estimate of drug-likeness (QED) is 0.426. The third-order valence-corrected chi connectivity index (χ3v) is 2.94. The number of ether oxygens (including phenoxy) is 1. The van der Waals surface area contributed by atoms with Crippen LogP contribution >= 0.6 is 12.2 Å². The highest BCUT2D eigenvalue weighted by atomic mass is 32.1. The van der Waals surface area contributed by atoms with Crippen molar-refractivity contribution in [2.75, 3.05) is 0 Å². The third-order valence-electron chi connectivity index (χ3n) is 2.85. The van der Waals surface area contributed by atoms with Gasteiger partial charge in [0.15, 0.2) is 5.11 Å². The molecule has 4 N–H and O–H groups in total. The number of hydrogen-bond acceptors (Lipinski definition) is 4. The molecule has 0 aliphatic heterocycles. The van der Waals surface area contributed by atoms with Crippen molar-refractivity contribution in [2.24, 2.45) is 10.8 Å². The van der Waals surface area contributed by atoms with E-state index in [0.29, 0.717) is 11.3 Å². The molecule has 23 heavy (non-hydrogen) atoms. The molecule has 2 aromatic rings.